The number of ether oxygens (including phenoxy) is 2. The maximum absolute atomic E-state index is 14.6. The molecule has 0 radical (unpaired) electrons. The number of aromatic nitrogens is 3. The summed E-state index contributed by atoms with van der Waals surface area (Å²) in [6.45, 7) is 3.33. The predicted molar refractivity (Wildman–Crippen MR) is 142 cm³/mol. The molecule has 2 aromatic carbocycles. The van der Waals surface area contributed by atoms with Gasteiger partial charge in [0.05, 0.1) is 35.5 Å². The largest absolute Gasteiger partial charge is 0.495 e. The van der Waals surface area contributed by atoms with Crippen molar-refractivity contribution in [1.82, 2.24) is 14.5 Å². The van der Waals surface area contributed by atoms with Crippen LogP contribution in [-0.2, 0) is 11.8 Å². The fourth-order valence-corrected chi connectivity index (χ4v) is 4.39. The number of aryl methyl sites for hydroxylation is 1. The van der Waals surface area contributed by atoms with Crippen LogP contribution in [0.2, 0.25) is 10.0 Å². The predicted octanol–water partition coefficient (Wildman–Crippen LogP) is 5.47. The molecule has 0 saturated carbocycles. The van der Waals surface area contributed by atoms with Crippen molar-refractivity contribution in [2.24, 2.45) is 7.05 Å². The molecule has 0 aliphatic rings. The Kier molecular flexibility index (Phi) is 7.51. The number of anilines is 3. The second-order valence-electron chi connectivity index (χ2n) is 7.78. The Morgan fingerprint density at radius 3 is 2.39 bits per heavy atom. The summed E-state index contributed by atoms with van der Waals surface area (Å²) >= 11 is 13.0. The second kappa shape index (κ2) is 10.6. The van der Waals surface area contributed by atoms with Crippen LogP contribution in [0, 0.1) is 11.6 Å². The van der Waals surface area contributed by atoms with E-state index in [0.717, 1.165) is 12.1 Å². The molecule has 0 unspecified atom stereocenters. The molecule has 0 fully saturated rings. The zero-order valence-corrected chi connectivity index (χ0v) is 21.7. The van der Waals surface area contributed by atoms with Gasteiger partial charge < -0.3 is 20.1 Å². The van der Waals surface area contributed by atoms with Gasteiger partial charge in [-0.1, -0.05) is 29.8 Å². The van der Waals surface area contributed by atoms with Gasteiger partial charge in [-0.25, -0.2) is 13.8 Å². The highest BCUT2D eigenvalue weighted by Crippen LogP contribution is 2.45. The highest BCUT2D eigenvalue weighted by molar-refractivity contribution is 6.41. The highest BCUT2D eigenvalue weighted by atomic mass is 35.5. The molecule has 38 heavy (non-hydrogen) atoms. The van der Waals surface area contributed by atoms with E-state index in [9.17, 15) is 18.4 Å². The van der Waals surface area contributed by atoms with Crippen LogP contribution >= 0.6 is 23.2 Å². The third kappa shape index (κ3) is 4.73. The van der Waals surface area contributed by atoms with Crippen molar-refractivity contribution in [2.75, 3.05) is 24.9 Å². The summed E-state index contributed by atoms with van der Waals surface area (Å²) in [5.41, 5.74) is -0.522. The van der Waals surface area contributed by atoms with Gasteiger partial charge in [-0.2, -0.15) is 4.98 Å². The minimum Gasteiger partial charge on any atom is -0.495 e. The molecule has 0 spiro atoms. The average Bonchev–Trinajstić information content (AvgIpc) is 2.91. The van der Waals surface area contributed by atoms with Gasteiger partial charge in [0.15, 0.2) is 11.6 Å². The Morgan fingerprint density at radius 2 is 1.79 bits per heavy atom. The molecule has 0 saturated heterocycles. The van der Waals surface area contributed by atoms with Gasteiger partial charge in [-0.15, -0.1) is 0 Å². The number of carbonyl (C=O) groups is 1. The van der Waals surface area contributed by atoms with Crippen molar-refractivity contribution in [3.05, 3.63) is 75.2 Å². The number of rotatable bonds is 7. The average molecular weight is 562 g/mol. The fraction of sp³-hybridized carbons (Fsp3) is 0.120. The van der Waals surface area contributed by atoms with E-state index in [1.165, 1.54) is 50.2 Å². The van der Waals surface area contributed by atoms with Crippen LogP contribution in [-0.4, -0.2) is 34.7 Å². The lowest BCUT2D eigenvalue weighted by atomic mass is 10.0. The van der Waals surface area contributed by atoms with Crippen molar-refractivity contribution in [3.8, 4) is 22.6 Å². The first-order valence-corrected chi connectivity index (χ1v) is 11.5. The molecule has 0 aliphatic carbocycles. The molecular weight excluding hydrogens is 543 g/mol. The molecule has 9 nitrogen and oxygen atoms in total. The number of hydrogen-bond donors (Lipinski definition) is 2. The molecule has 2 aromatic heterocycles. The fourth-order valence-electron chi connectivity index (χ4n) is 3.68. The van der Waals surface area contributed by atoms with E-state index in [1.807, 2.05) is 0 Å². The number of carbonyl (C=O) groups excluding carboxylic acids is 1. The van der Waals surface area contributed by atoms with Crippen LogP contribution in [0.3, 0.4) is 0 Å². The molecule has 4 rings (SSSR count). The smallest absolute Gasteiger partial charge is 0.259 e. The van der Waals surface area contributed by atoms with Gasteiger partial charge in [-0.3, -0.25) is 14.2 Å². The number of methoxy groups -OCH3 is 2. The third-order valence-electron chi connectivity index (χ3n) is 5.57. The van der Waals surface area contributed by atoms with Crippen LogP contribution in [0.4, 0.5) is 26.1 Å². The van der Waals surface area contributed by atoms with Crippen molar-refractivity contribution >= 4 is 57.5 Å². The first kappa shape index (κ1) is 26.8. The van der Waals surface area contributed by atoms with Crippen LogP contribution in [0.5, 0.6) is 11.5 Å². The molecule has 4 aromatic rings. The van der Waals surface area contributed by atoms with Gasteiger partial charge in [0.2, 0.25) is 11.9 Å². The lowest BCUT2D eigenvalue weighted by molar-refractivity contribution is -0.111. The van der Waals surface area contributed by atoms with Gasteiger partial charge in [0.1, 0.15) is 22.8 Å². The highest BCUT2D eigenvalue weighted by Gasteiger charge is 2.23. The summed E-state index contributed by atoms with van der Waals surface area (Å²) in [6, 6.07) is 5.01. The molecular formula is C25H19Cl2F2N5O4. The Balaban J connectivity index is 1.85. The van der Waals surface area contributed by atoms with E-state index in [1.54, 1.807) is 0 Å². The second-order valence-corrected chi connectivity index (χ2v) is 8.54. The van der Waals surface area contributed by atoms with E-state index >= 15 is 0 Å². The van der Waals surface area contributed by atoms with Crippen LogP contribution in [0.1, 0.15) is 0 Å². The van der Waals surface area contributed by atoms with E-state index in [2.05, 4.69) is 27.2 Å². The molecule has 0 aliphatic heterocycles. The Hall–Kier alpha value is -4.22. The number of fused-ring (bicyclic) bond motifs is 1. The van der Waals surface area contributed by atoms with E-state index in [-0.39, 0.29) is 50.0 Å². The normalized spacial score (nSPS) is 10.8. The standard InChI is InChI=1S/C25H19Cl2F2N5O4/c1-5-17(35)31-14-7-6-13(28)21(29)22(14)32-25-30-10-11-8-12(24(36)34(2)23(11)33-25)18-19(26)15(37-3)9-16(38-4)20(18)27/h5-10H,1H2,2-4H3,(H,31,35)(H,30,32,33). The van der Waals surface area contributed by atoms with Crippen molar-refractivity contribution in [2.45, 2.75) is 0 Å². The quantitative estimate of drug-likeness (QED) is 0.288. The monoisotopic (exact) mass is 561 g/mol. The maximum atomic E-state index is 14.6. The number of nitrogens with zero attached hydrogens (tertiary/aromatic N) is 3. The van der Waals surface area contributed by atoms with Gasteiger partial charge in [-0.05, 0) is 24.3 Å². The number of benzene rings is 2. The third-order valence-corrected chi connectivity index (χ3v) is 6.32. The topological polar surface area (TPSA) is 107 Å². The minimum absolute atomic E-state index is 0.0713. The number of halogens is 4. The lowest BCUT2D eigenvalue weighted by Gasteiger charge is -2.16. The van der Waals surface area contributed by atoms with Gasteiger partial charge >= 0.3 is 0 Å². The number of amides is 1. The summed E-state index contributed by atoms with van der Waals surface area (Å²) < 4.78 is 40.4. The zero-order valence-electron chi connectivity index (χ0n) is 20.2. The first-order chi connectivity index (χ1) is 18.1. The molecule has 0 atom stereocenters. The summed E-state index contributed by atoms with van der Waals surface area (Å²) in [7, 11) is 4.28. The van der Waals surface area contributed by atoms with Crippen LogP contribution in [0.25, 0.3) is 22.2 Å². The van der Waals surface area contributed by atoms with Gasteiger partial charge in [0.25, 0.3) is 5.56 Å². The first-order valence-electron chi connectivity index (χ1n) is 10.8. The SMILES string of the molecule is C=CC(=O)Nc1ccc(F)c(F)c1Nc1ncc2cc(-c3c(Cl)c(OC)cc(OC)c3Cl)c(=O)n(C)c2n1. The number of pyridine rings is 1. The summed E-state index contributed by atoms with van der Waals surface area (Å²) in [4.78, 5) is 33.6. The minimum atomic E-state index is -1.27. The Bertz CT molecular complexity index is 1650. The van der Waals surface area contributed by atoms with E-state index < -0.39 is 28.8 Å². The lowest BCUT2D eigenvalue weighted by Crippen LogP contribution is -2.20. The van der Waals surface area contributed by atoms with Crippen molar-refractivity contribution < 1.29 is 23.0 Å². The van der Waals surface area contributed by atoms with Crippen LogP contribution < -0.4 is 25.7 Å². The summed E-state index contributed by atoms with van der Waals surface area (Å²) in [6.07, 6.45) is 2.34. The van der Waals surface area contributed by atoms with Crippen molar-refractivity contribution in [1.29, 1.82) is 0 Å². The number of nitrogens with one attached hydrogen (secondary N) is 2. The Morgan fingerprint density at radius 1 is 1.13 bits per heavy atom. The van der Waals surface area contributed by atoms with E-state index in [4.69, 9.17) is 32.7 Å². The van der Waals surface area contributed by atoms with Crippen molar-refractivity contribution in [3.63, 3.8) is 0 Å². The van der Waals surface area contributed by atoms with Gasteiger partial charge in [0, 0.05) is 30.3 Å². The summed E-state index contributed by atoms with van der Waals surface area (Å²) in [5, 5.41) is 5.55. The van der Waals surface area contributed by atoms with Crippen LogP contribution in [0.15, 0.2) is 47.9 Å². The molecule has 196 valence electrons. The molecule has 13 heteroatoms. The molecule has 2 N–H and O–H groups in total. The zero-order chi connectivity index (χ0) is 27.7. The molecule has 2 heterocycles. The Labute approximate surface area is 224 Å². The number of hydrogen-bond acceptors (Lipinski definition) is 7. The maximum Gasteiger partial charge on any atom is 0.259 e. The van der Waals surface area contributed by atoms with E-state index in [0.29, 0.717) is 5.39 Å². The molecule has 0 bridgehead atoms. The summed E-state index contributed by atoms with van der Waals surface area (Å²) in [5.74, 6) is -2.74. The molecule has 1 amide bonds.